The molecule has 0 bridgehead atoms. The van der Waals surface area contributed by atoms with Crippen LogP contribution >= 0.6 is 0 Å². The Hall–Kier alpha value is -5.94. The number of aromatic hydroxyl groups is 1. The summed E-state index contributed by atoms with van der Waals surface area (Å²) in [7, 11) is 1.51. The summed E-state index contributed by atoms with van der Waals surface area (Å²) in [6, 6.07) is 29.2. The normalized spacial score (nSPS) is 27.4. The largest absolute Gasteiger partial charge is 0.508 e. The number of anilines is 3. The number of benzene rings is 4. The molecule has 2 aliphatic carbocycles. The van der Waals surface area contributed by atoms with E-state index in [2.05, 4.69) is 10.3 Å². The van der Waals surface area contributed by atoms with Crippen LogP contribution in [-0.4, -0.2) is 67.2 Å². The Morgan fingerprint density at radius 1 is 0.818 bits per heavy atom. The second-order valence-corrected chi connectivity index (χ2v) is 15.1. The second-order valence-electron chi connectivity index (χ2n) is 15.1. The maximum absolute atomic E-state index is 15.3. The van der Waals surface area contributed by atoms with E-state index in [1.54, 1.807) is 12.1 Å². The number of phenolic OH excluding ortho intramolecular Hbond substituents is 1. The first-order valence-electron chi connectivity index (χ1n) is 18.9. The molecule has 280 valence electrons. The molecule has 4 amide bonds. The van der Waals surface area contributed by atoms with Gasteiger partial charge < -0.3 is 19.5 Å². The molecule has 3 saturated heterocycles. The van der Waals surface area contributed by atoms with Gasteiger partial charge in [0.25, 0.3) is 11.8 Å². The van der Waals surface area contributed by atoms with E-state index in [-0.39, 0.29) is 30.4 Å². The number of ether oxygens (including phenoxy) is 2. The molecule has 11 nitrogen and oxygen atoms in total. The van der Waals surface area contributed by atoms with Crippen LogP contribution in [0.3, 0.4) is 0 Å². The minimum absolute atomic E-state index is 0.0944. The zero-order valence-corrected chi connectivity index (χ0v) is 30.7. The van der Waals surface area contributed by atoms with Crippen molar-refractivity contribution in [3.05, 3.63) is 125 Å². The first-order chi connectivity index (χ1) is 26.7. The maximum atomic E-state index is 15.3. The van der Waals surface area contributed by atoms with E-state index in [1.807, 2.05) is 91.9 Å². The van der Waals surface area contributed by atoms with Gasteiger partial charge in [0.15, 0.2) is 0 Å². The molecule has 2 N–H and O–H groups in total. The number of nitrogens with zero attached hydrogens (tertiary/aromatic N) is 3. The fourth-order valence-corrected chi connectivity index (χ4v) is 9.87. The summed E-state index contributed by atoms with van der Waals surface area (Å²) in [4.78, 5) is 62.7. The van der Waals surface area contributed by atoms with Crippen molar-refractivity contribution in [2.24, 2.45) is 23.7 Å². The quantitative estimate of drug-likeness (QED) is 0.180. The minimum Gasteiger partial charge on any atom is -0.508 e. The highest BCUT2D eigenvalue weighted by molar-refractivity contribution is 6.22. The highest BCUT2D eigenvalue weighted by atomic mass is 16.5. The molecule has 4 aromatic carbocycles. The van der Waals surface area contributed by atoms with Crippen molar-refractivity contribution >= 4 is 40.7 Å². The molecule has 3 aliphatic heterocycles. The number of hydrazine groups is 1. The van der Waals surface area contributed by atoms with Gasteiger partial charge in [-0.05, 0) is 73.7 Å². The topological polar surface area (TPSA) is 129 Å². The van der Waals surface area contributed by atoms with Crippen molar-refractivity contribution in [2.45, 2.75) is 31.1 Å². The zero-order valence-electron chi connectivity index (χ0n) is 30.7. The molecule has 4 fully saturated rings. The standard InChI is InChI=1S/C44H42N4O7/c1-26-8-10-28(11-9-26)45-48-41(51)36-25-35-32(39(33-17-16-31(54-2)24-37(33)49)44(36,43(48)53)27-6-4-3-5-7-27)18-19-34-38(35)42(52)47(40(34)50)30-14-12-29(13-15-30)46-20-22-55-23-21-46/h3-18,24,34-36,38-39,45,49H,19-23,25H2,1-2H3/t34-,35+,36-,38-,39+,44+/m0/s1. The molecule has 6 atom stereocenters. The molecular formula is C44H42N4O7. The lowest BCUT2D eigenvalue weighted by molar-refractivity contribution is -0.138. The van der Waals surface area contributed by atoms with Crippen molar-refractivity contribution < 1.29 is 33.8 Å². The number of hydrogen-bond donors (Lipinski definition) is 2. The Morgan fingerprint density at radius 2 is 1.53 bits per heavy atom. The number of aryl methyl sites for hydroxylation is 1. The average molecular weight is 739 g/mol. The van der Waals surface area contributed by atoms with Crippen LogP contribution in [0.5, 0.6) is 11.5 Å². The number of phenols is 1. The Bertz CT molecular complexity index is 2220. The van der Waals surface area contributed by atoms with Gasteiger partial charge in [0.2, 0.25) is 11.8 Å². The molecule has 1 saturated carbocycles. The lowest BCUT2D eigenvalue weighted by Crippen LogP contribution is -2.53. The summed E-state index contributed by atoms with van der Waals surface area (Å²) >= 11 is 0. The van der Waals surface area contributed by atoms with E-state index in [0.717, 1.165) is 34.9 Å². The monoisotopic (exact) mass is 738 g/mol. The first-order valence-corrected chi connectivity index (χ1v) is 18.9. The Balaban J connectivity index is 1.16. The minimum atomic E-state index is -1.49. The summed E-state index contributed by atoms with van der Waals surface area (Å²) in [5, 5.41) is 12.9. The number of nitrogens with one attached hydrogen (secondary N) is 1. The highest BCUT2D eigenvalue weighted by Gasteiger charge is 2.70. The lowest BCUT2D eigenvalue weighted by atomic mass is 9.49. The van der Waals surface area contributed by atoms with Crippen LogP contribution in [0.1, 0.15) is 35.4 Å². The van der Waals surface area contributed by atoms with E-state index >= 15 is 4.79 Å². The molecule has 55 heavy (non-hydrogen) atoms. The fourth-order valence-electron chi connectivity index (χ4n) is 9.87. The zero-order chi connectivity index (χ0) is 38.0. The maximum Gasteiger partial charge on any atom is 0.260 e. The number of rotatable bonds is 7. The molecule has 0 spiro atoms. The molecule has 4 aromatic rings. The molecular weight excluding hydrogens is 697 g/mol. The number of allylic oxidation sites excluding steroid dienone is 2. The van der Waals surface area contributed by atoms with Gasteiger partial charge in [-0.3, -0.25) is 29.5 Å². The van der Waals surface area contributed by atoms with E-state index < -0.39 is 46.8 Å². The third kappa shape index (κ3) is 5.35. The molecule has 5 aliphatic rings. The number of fused-ring (bicyclic) bond motifs is 4. The van der Waals surface area contributed by atoms with Crippen LogP contribution in [0, 0.1) is 30.6 Å². The second kappa shape index (κ2) is 13.4. The highest BCUT2D eigenvalue weighted by Crippen LogP contribution is 2.65. The van der Waals surface area contributed by atoms with Gasteiger partial charge in [0.1, 0.15) is 11.5 Å². The molecule has 0 radical (unpaired) electrons. The van der Waals surface area contributed by atoms with Crippen LogP contribution in [0.4, 0.5) is 17.1 Å². The predicted molar refractivity (Wildman–Crippen MR) is 205 cm³/mol. The molecule has 0 unspecified atom stereocenters. The van der Waals surface area contributed by atoms with Crippen molar-refractivity contribution in [3.8, 4) is 11.5 Å². The molecule has 9 rings (SSSR count). The summed E-state index contributed by atoms with van der Waals surface area (Å²) in [5.41, 5.74) is 6.56. The number of amides is 4. The van der Waals surface area contributed by atoms with Gasteiger partial charge >= 0.3 is 0 Å². The third-order valence-electron chi connectivity index (χ3n) is 12.4. The van der Waals surface area contributed by atoms with E-state index in [9.17, 15) is 19.5 Å². The lowest BCUT2D eigenvalue weighted by Gasteiger charge is -2.50. The van der Waals surface area contributed by atoms with Crippen LogP contribution in [0.2, 0.25) is 0 Å². The number of morpholine rings is 1. The van der Waals surface area contributed by atoms with Crippen LogP contribution < -0.4 is 20.0 Å². The van der Waals surface area contributed by atoms with Crippen molar-refractivity contribution in [3.63, 3.8) is 0 Å². The molecule has 0 aromatic heterocycles. The number of carbonyl (C=O) groups is 4. The summed E-state index contributed by atoms with van der Waals surface area (Å²) < 4.78 is 10.9. The van der Waals surface area contributed by atoms with Crippen LogP contribution in [0.15, 0.2) is 109 Å². The van der Waals surface area contributed by atoms with Gasteiger partial charge in [0, 0.05) is 36.3 Å². The van der Waals surface area contributed by atoms with Crippen LogP contribution in [0.25, 0.3) is 0 Å². The average Bonchev–Trinajstić information content (AvgIpc) is 3.60. The Labute approximate surface area is 319 Å². The number of hydrogen-bond acceptors (Lipinski definition) is 9. The molecule has 3 heterocycles. The summed E-state index contributed by atoms with van der Waals surface area (Å²) in [5.74, 6) is -4.87. The van der Waals surface area contributed by atoms with Gasteiger partial charge in [-0.15, -0.1) is 0 Å². The first kappa shape index (κ1) is 34.8. The fraction of sp³-hybridized carbons (Fsp3) is 0.318. The van der Waals surface area contributed by atoms with Gasteiger partial charge in [-0.2, -0.15) is 5.01 Å². The molecule has 11 heteroatoms. The van der Waals surface area contributed by atoms with Crippen molar-refractivity contribution in [1.82, 2.24) is 5.01 Å². The number of methoxy groups -OCH3 is 1. The van der Waals surface area contributed by atoms with Crippen molar-refractivity contribution in [2.75, 3.05) is 48.6 Å². The van der Waals surface area contributed by atoms with Gasteiger partial charge in [-0.25, -0.2) is 0 Å². The van der Waals surface area contributed by atoms with E-state index in [0.29, 0.717) is 41.5 Å². The number of imide groups is 2. The Morgan fingerprint density at radius 3 is 2.22 bits per heavy atom. The van der Waals surface area contributed by atoms with Gasteiger partial charge in [0.05, 0.1) is 54.9 Å². The predicted octanol–water partition coefficient (Wildman–Crippen LogP) is 5.74. The third-order valence-corrected chi connectivity index (χ3v) is 12.4. The Kier molecular flexibility index (Phi) is 8.49. The van der Waals surface area contributed by atoms with Crippen LogP contribution in [-0.2, 0) is 29.3 Å². The number of carbonyl (C=O) groups excluding carboxylic acids is 4. The van der Waals surface area contributed by atoms with E-state index in [1.165, 1.54) is 18.1 Å². The van der Waals surface area contributed by atoms with Crippen molar-refractivity contribution in [1.29, 1.82) is 0 Å². The SMILES string of the molecule is COc1ccc([C@H]2C3=CC[C@@H]4C(=O)N(c5ccc(N6CCOCC6)cc5)C(=O)[C@@H]4[C@@H]3C[C@H]3C(=O)N(Nc4ccc(C)cc4)C(=O)[C@@]23c2ccccc2)c(O)c1. The smallest absolute Gasteiger partial charge is 0.260 e. The van der Waals surface area contributed by atoms with E-state index in [4.69, 9.17) is 9.47 Å². The summed E-state index contributed by atoms with van der Waals surface area (Å²) in [6.07, 6.45) is 2.43. The summed E-state index contributed by atoms with van der Waals surface area (Å²) in [6.45, 7) is 4.76. The van der Waals surface area contributed by atoms with Gasteiger partial charge in [-0.1, -0.05) is 65.7 Å².